The number of hydrogen-bond acceptors (Lipinski definition) is 7. The van der Waals surface area contributed by atoms with Gasteiger partial charge in [0, 0.05) is 19.3 Å². The zero-order valence-corrected chi connectivity index (χ0v) is 41.9. The second kappa shape index (κ2) is 46.3. The van der Waals surface area contributed by atoms with Gasteiger partial charge in [-0.15, -0.1) is 0 Å². The first-order chi connectivity index (χ1) is 31.1. The number of carboxylic acid groups (broad SMARTS) is 1. The first kappa shape index (κ1) is 60.8. The van der Waals surface area contributed by atoms with Gasteiger partial charge in [0.25, 0.3) is 0 Å². The molecule has 368 valence electrons. The number of aliphatic carboxylic acids is 1. The second-order valence-electron chi connectivity index (χ2n) is 18.4. The lowest BCUT2D eigenvalue weighted by Crippen LogP contribution is -2.55. The maximum absolute atomic E-state index is 12.8. The number of hydrogen-bond donors (Lipinski definition) is 0. The third-order valence-electron chi connectivity index (χ3n) is 11.3. The summed E-state index contributed by atoms with van der Waals surface area (Å²) in [5.41, 5.74) is 0. The molecule has 0 heterocycles. The largest absolute Gasteiger partial charge is 0.544 e. The van der Waals surface area contributed by atoms with E-state index in [4.69, 9.17) is 14.2 Å². The SMILES string of the molecule is CC/C=C/C/C=C/C/C=C/C/C=C/C/C=C/CCCCCCCCC(=O)OC(COCCC(C(=O)[O-])[N+](C)(C)C)COC(=O)CCCCCCC/C=C/CCCCCCCCCCC. The maximum atomic E-state index is 12.8. The molecular formula is C56H97NO7. The zero-order valence-electron chi connectivity index (χ0n) is 41.9. The van der Waals surface area contributed by atoms with Crippen molar-refractivity contribution < 1.29 is 38.2 Å². The van der Waals surface area contributed by atoms with Gasteiger partial charge in [-0.3, -0.25) is 9.59 Å². The number of nitrogens with zero attached hydrogens (tertiary/aromatic N) is 1. The van der Waals surface area contributed by atoms with Crippen LogP contribution < -0.4 is 5.11 Å². The minimum Gasteiger partial charge on any atom is -0.544 e. The molecule has 0 aliphatic carbocycles. The van der Waals surface area contributed by atoms with Crippen LogP contribution in [-0.4, -0.2) is 75.5 Å². The van der Waals surface area contributed by atoms with Crippen LogP contribution in [0.2, 0.25) is 0 Å². The van der Waals surface area contributed by atoms with E-state index in [1.165, 1.54) is 83.5 Å². The fourth-order valence-corrected chi connectivity index (χ4v) is 7.33. The van der Waals surface area contributed by atoms with Crippen molar-refractivity contribution in [3.05, 3.63) is 72.9 Å². The summed E-state index contributed by atoms with van der Waals surface area (Å²) in [5.74, 6) is -1.76. The van der Waals surface area contributed by atoms with Gasteiger partial charge >= 0.3 is 11.9 Å². The van der Waals surface area contributed by atoms with E-state index in [0.29, 0.717) is 12.8 Å². The second-order valence-corrected chi connectivity index (χ2v) is 18.4. The highest BCUT2D eigenvalue weighted by molar-refractivity contribution is 5.70. The summed E-state index contributed by atoms with van der Waals surface area (Å²) in [4.78, 5) is 37.0. The lowest BCUT2D eigenvalue weighted by Gasteiger charge is -2.34. The molecule has 0 aliphatic heterocycles. The molecule has 2 atom stereocenters. The van der Waals surface area contributed by atoms with Crippen molar-refractivity contribution in [2.45, 2.75) is 225 Å². The standard InChI is InChI=1S/C56H97NO7/c1-6-8-10-12-14-16-18-20-22-24-26-27-28-29-31-33-35-37-39-41-43-45-47-55(59)64-52(50-62-49-48-53(56(60)61)57(3,4)5)51-63-54(58)46-44-42-40-38-36-34-32-30-25-23-21-19-17-15-13-11-9-7-2/h8,10,14,16,20,22,26-27,29-32,52-53H,6-7,9,11-13,15,17-19,21,23-25,28,33-51H2,1-5H3/b10-8+,16-14+,22-20+,27-26+,31-29+,32-30+. The molecule has 8 nitrogen and oxygen atoms in total. The minimum atomic E-state index is -1.13. The zero-order chi connectivity index (χ0) is 47.0. The number of rotatable bonds is 46. The molecule has 0 saturated heterocycles. The smallest absolute Gasteiger partial charge is 0.306 e. The lowest BCUT2D eigenvalue weighted by molar-refractivity contribution is -0.889. The number of carboxylic acids is 1. The van der Waals surface area contributed by atoms with E-state index in [1.807, 2.05) is 0 Å². The monoisotopic (exact) mass is 896 g/mol. The van der Waals surface area contributed by atoms with Gasteiger partial charge in [0.15, 0.2) is 6.10 Å². The Morgan fingerprint density at radius 1 is 0.484 bits per heavy atom. The first-order valence-electron chi connectivity index (χ1n) is 26.0. The molecule has 64 heavy (non-hydrogen) atoms. The molecule has 0 rings (SSSR count). The maximum Gasteiger partial charge on any atom is 0.306 e. The van der Waals surface area contributed by atoms with Crippen molar-refractivity contribution in [1.82, 2.24) is 0 Å². The number of carbonyl (C=O) groups excluding carboxylic acids is 3. The van der Waals surface area contributed by atoms with Crippen LogP contribution in [0.25, 0.3) is 0 Å². The first-order valence-corrected chi connectivity index (χ1v) is 26.0. The Balaban J connectivity index is 4.30. The van der Waals surface area contributed by atoms with Gasteiger partial charge in [-0.1, -0.05) is 183 Å². The van der Waals surface area contributed by atoms with Crippen molar-refractivity contribution >= 4 is 17.9 Å². The highest BCUT2D eigenvalue weighted by Crippen LogP contribution is 2.14. The van der Waals surface area contributed by atoms with Crippen LogP contribution in [0.15, 0.2) is 72.9 Å². The molecule has 0 radical (unpaired) electrons. The molecule has 0 amide bonds. The van der Waals surface area contributed by atoms with Gasteiger partial charge in [0.1, 0.15) is 12.6 Å². The van der Waals surface area contributed by atoms with E-state index in [2.05, 4.69) is 86.8 Å². The number of likely N-dealkylation sites (N-methyl/N-ethyl adjacent to an activating group) is 1. The Kier molecular flexibility index (Phi) is 44.0. The summed E-state index contributed by atoms with van der Waals surface area (Å²) < 4.78 is 17.2. The fourth-order valence-electron chi connectivity index (χ4n) is 7.33. The average Bonchev–Trinajstić information content (AvgIpc) is 3.26. The van der Waals surface area contributed by atoms with E-state index in [9.17, 15) is 19.5 Å². The highest BCUT2D eigenvalue weighted by Gasteiger charge is 2.25. The summed E-state index contributed by atoms with van der Waals surface area (Å²) >= 11 is 0. The van der Waals surface area contributed by atoms with Crippen LogP contribution >= 0.6 is 0 Å². The van der Waals surface area contributed by atoms with Crippen molar-refractivity contribution in [3.8, 4) is 0 Å². The molecule has 8 heteroatoms. The van der Waals surface area contributed by atoms with Gasteiger partial charge < -0.3 is 28.6 Å². The normalized spacial score (nSPS) is 13.5. The molecule has 0 bridgehead atoms. The van der Waals surface area contributed by atoms with Gasteiger partial charge in [0.2, 0.25) is 0 Å². The van der Waals surface area contributed by atoms with E-state index in [-0.39, 0.29) is 42.7 Å². The summed E-state index contributed by atoms with van der Waals surface area (Å²) in [6.45, 7) is 4.53. The lowest BCUT2D eigenvalue weighted by atomic mass is 10.1. The number of ether oxygens (including phenoxy) is 3. The van der Waals surface area contributed by atoms with Gasteiger partial charge in [-0.05, 0) is 83.5 Å². The van der Waals surface area contributed by atoms with Crippen LogP contribution in [0.1, 0.15) is 213 Å². The van der Waals surface area contributed by atoms with Gasteiger partial charge in [0.05, 0.1) is 40.3 Å². The Hall–Kier alpha value is -3.23. The third-order valence-corrected chi connectivity index (χ3v) is 11.3. The van der Waals surface area contributed by atoms with Crippen LogP contribution in [0, 0.1) is 0 Å². The molecule has 0 aromatic carbocycles. The van der Waals surface area contributed by atoms with E-state index >= 15 is 0 Å². The molecule has 0 fully saturated rings. The van der Waals surface area contributed by atoms with Gasteiger partial charge in [-0.2, -0.15) is 0 Å². The molecular weight excluding hydrogens is 799 g/mol. The Labute approximate surface area is 393 Å². The molecule has 0 aromatic heterocycles. The molecule has 0 aromatic rings. The molecule has 0 saturated carbocycles. The van der Waals surface area contributed by atoms with E-state index in [1.54, 1.807) is 21.1 Å². The third kappa shape index (κ3) is 44.0. The van der Waals surface area contributed by atoms with Crippen molar-refractivity contribution in [2.24, 2.45) is 0 Å². The Morgan fingerprint density at radius 2 is 0.875 bits per heavy atom. The van der Waals surface area contributed by atoms with E-state index < -0.39 is 18.1 Å². The predicted octanol–water partition coefficient (Wildman–Crippen LogP) is 13.8. The Morgan fingerprint density at radius 3 is 1.31 bits per heavy atom. The molecule has 0 spiro atoms. The van der Waals surface area contributed by atoms with Crippen molar-refractivity contribution in [2.75, 3.05) is 41.0 Å². The van der Waals surface area contributed by atoms with Crippen molar-refractivity contribution in [1.29, 1.82) is 0 Å². The van der Waals surface area contributed by atoms with Crippen LogP contribution in [0.4, 0.5) is 0 Å². The molecule has 0 aliphatic rings. The number of esters is 2. The summed E-state index contributed by atoms with van der Waals surface area (Å²) in [7, 11) is 5.40. The summed E-state index contributed by atoms with van der Waals surface area (Å²) in [6, 6.07) is -0.734. The fraction of sp³-hybridized carbons (Fsp3) is 0.732. The van der Waals surface area contributed by atoms with Gasteiger partial charge in [-0.25, -0.2) is 0 Å². The number of unbranched alkanes of at least 4 members (excludes halogenated alkanes) is 20. The van der Waals surface area contributed by atoms with Crippen LogP contribution in [0.3, 0.4) is 0 Å². The molecule has 0 N–H and O–H groups in total. The Bertz CT molecular complexity index is 1270. The topological polar surface area (TPSA) is 102 Å². The highest BCUT2D eigenvalue weighted by atomic mass is 16.6. The average molecular weight is 896 g/mol. The molecule has 2 unspecified atom stereocenters. The summed E-state index contributed by atoms with van der Waals surface area (Å²) in [6.07, 6.45) is 59.3. The van der Waals surface area contributed by atoms with Crippen LogP contribution in [0.5, 0.6) is 0 Å². The number of quaternary nitrogens is 1. The van der Waals surface area contributed by atoms with Crippen molar-refractivity contribution in [3.63, 3.8) is 0 Å². The van der Waals surface area contributed by atoms with Crippen LogP contribution in [-0.2, 0) is 28.6 Å². The number of carbonyl (C=O) groups is 3. The number of allylic oxidation sites excluding steroid dienone is 12. The minimum absolute atomic E-state index is 0.0292. The van der Waals surface area contributed by atoms with E-state index in [0.717, 1.165) is 96.3 Å². The summed E-state index contributed by atoms with van der Waals surface area (Å²) in [5, 5.41) is 11.7. The quantitative estimate of drug-likeness (QED) is 0.0259. The predicted molar refractivity (Wildman–Crippen MR) is 268 cm³/mol.